The number of carbonyl (C=O) groups excluding carboxylic acids is 1. The molecule has 0 spiro atoms. The minimum absolute atomic E-state index is 0.0385. The second-order valence-electron chi connectivity index (χ2n) is 2.57. The quantitative estimate of drug-likeness (QED) is 0.703. The molecule has 0 fully saturated rings. The van der Waals surface area contributed by atoms with Crippen molar-refractivity contribution in [3.63, 3.8) is 0 Å². The van der Waals surface area contributed by atoms with Gasteiger partial charge in [0.05, 0.1) is 0 Å². The molecule has 0 atom stereocenters. The van der Waals surface area contributed by atoms with Gasteiger partial charge in [-0.1, -0.05) is 0 Å². The SMILES string of the molecule is O=C(CCCCO)Nc1nccs1. The van der Waals surface area contributed by atoms with E-state index in [9.17, 15) is 4.79 Å². The van der Waals surface area contributed by atoms with Gasteiger partial charge in [0, 0.05) is 24.6 Å². The molecule has 1 amide bonds. The van der Waals surface area contributed by atoms with E-state index in [1.54, 1.807) is 6.20 Å². The first-order valence-electron chi connectivity index (χ1n) is 4.13. The Morgan fingerprint density at radius 2 is 2.46 bits per heavy atom. The van der Waals surface area contributed by atoms with Crippen molar-refractivity contribution in [2.45, 2.75) is 19.3 Å². The highest BCUT2D eigenvalue weighted by Gasteiger charge is 2.02. The molecule has 2 N–H and O–H groups in total. The van der Waals surface area contributed by atoms with Crippen LogP contribution in [0.25, 0.3) is 0 Å². The molecule has 1 aromatic heterocycles. The van der Waals surface area contributed by atoms with Gasteiger partial charge < -0.3 is 10.4 Å². The minimum atomic E-state index is -0.0385. The van der Waals surface area contributed by atoms with Crippen molar-refractivity contribution in [2.24, 2.45) is 0 Å². The zero-order chi connectivity index (χ0) is 9.52. The van der Waals surface area contributed by atoms with Crippen LogP contribution in [0.3, 0.4) is 0 Å². The average molecular weight is 200 g/mol. The standard InChI is InChI=1S/C8H12N2O2S/c11-5-2-1-3-7(12)10-8-9-4-6-13-8/h4,6,11H,1-3,5H2,(H,9,10,12). The summed E-state index contributed by atoms with van der Waals surface area (Å²) in [6.07, 6.45) is 3.48. The molecular formula is C8H12N2O2S. The second-order valence-corrected chi connectivity index (χ2v) is 3.46. The predicted octanol–water partition coefficient (Wildman–Crippen LogP) is 1.24. The lowest BCUT2D eigenvalue weighted by Gasteiger charge is -1.99. The van der Waals surface area contributed by atoms with E-state index in [0.29, 0.717) is 24.4 Å². The number of rotatable bonds is 5. The van der Waals surface area contributed by atoms with Gasteiger partial charge >= 0.3 is 0 Å². The molecule has 0 unspecified atom stereocenters. The second kappa shape index (κ2) is 5.66. The first kappa shape index (κ1) is 10.1. The topological polar surface area (TPSA) is 62.2 Å². The molecule has 0 aliphatic carbocycles. The molecule has 13 heavy (non-hydrogen) atoms. The zero-order valence-electron chi connectivity index (χ0n) is 7.19. The highest BCUT2D eigenvalue weighted by atomic mass is 32.1. The summed E-state index contributed by atoms with van der Waals surface area (Å²) in [7, 11) is 0. The maximum absolute atomic E-state index is 11.2. The maximum atomic E-state index is 11.2. The Labute approximate surface area is 80.6 Å². The van der Waals surface area contributed by atoms with Crippen LogP contribution >= 0.6 is 11.3 Å². The first-order valence-corrected chi connectivity index (χ1v) is 5.01. The number of hydrogen-bond acceptors (Lipinski definition) is 4. The third kappa shape index (κ3) is 4.00. The lowest BCUT2D eigenvalue weighted by molar-refractivity contribution is -0.116. The van der Waals surface area contributed by atoms with E-state index < -0.39 is 0 Å². The van der Waals surface area contributed by atoms with Crippen molar-refractivity contribution in [2.75, 3.05) is 11.9 Å². The molecule has 72 valence electrons. The Morgan fingerprint density at radius 3 is 3.08 bits per heavy atom. The van der Waals surface area contributed by atoms with Crippen molar-refractivity contribution < 1.29 is 9.90 Å². The summed E-state index contributed by atoms with van der Waals surface area (Å²) in [5, 5.41) is 13.6. The van der Waals surface area contributed by atoms with E-state index >= 15 is 0 Å². The third-order valence-corrected chi connectivity index (χ3v) is 2.18. The summed E-state index contributed by atoms with van der Waals surface area (Å²) in [6, 6.07) is 0. The van der Waals surface area contributed by atoms with E-state index in [0.717, 1.165) is 0 Å². The molecule has 4 nitrogen and oxygen atoms in total. The summed E-state index contributed by atoms with van der Waals surface area (Å²) in [5.41, 5.74) is 0. The molecule has 0 aliphatic rings. The fraction of sp³-hybridized carbons (Fsp3) is 0.500. The van der Waals surface area contributed by atoms with Crippen LogP contribution in [0, 0.1) is 0 Å². The molecule has 0 saturated carbocycles. The Hall–Kier alpha value is -0.940. The van der Waals surface area contributed by atoms with Crippen molar-refractivity contribution >= 4 is 22.4 Å². The van der Waals surface area contributed by atoms with Gasteiger partial charge in [0.2, 0.25) is 5.91 Å². The Balaban J connectivity index is 2.18. The van der Waals surface area contributed by atoms with Crippen LogP contribution in [0.15, 0.2) is 11.6 Å². The number of aromatic nitrogens is 1. The predicted molar refractivity (Wildman–Crippen MR) is 51.7 cm³/mol. The fourth-order valence-corrected chi connectivity index (χ4v) is 1.41. The first-order chi connectivity index (χ1) is 6.33. The number of nitrogens with one attached hydrogen (secondary N) is 1. The number of carbonyl (C=O) groups is 1. The van der Waals surface area contributed by atoms with Crippen molar-refractivity contribution in [3.8, 4) is 0 Å². The summed E-state index contributed by atoms with van der Waals surface area (Å²) in [6.45, 7) is 0.143. The molecule has 1 rings (SSSR count). The lowest BCUT2D eigenvalue weighted by atomic mass is 10.2. The van der Waals surface area contributed by atoms with Crippen molar-refractivity contribution in [1.82, 2.24) is 4.98 Å². The summed E-state index contributed by atoms with van der Waals surface area (Å²) < 4.78 is 0. The van der Waals surface area contributed by atoms with E-state index in [2.05, 4.69) is 10.3 Å². The lowest BCUT2D eigenvalue weighted by Crippen LogP contribution is -2.10. The monoisotopic (exact) mass is 200 g/mol. The van der Waals surface area contributed by atoms with Crippen LogP contribution in [0.1, 0.15) is 19.3 Å². The van der Waals surface area contributed by atoms with Crippen LogP contribution in [0.4, 0.5) is 5.13 Å². The molecule has 0 aromatic carbocycles. The van der Waals surface area contributed by atoms with Gasteiger partial charge in [-0.3, -0.25) is 4.79 Å². The molecule has 0 aliphatic heterocycles. The number of thiazole rings is 1. The Morgan fingerprint density at radius 1 is 1.62 bits per heavy atom. The van der Waals surface area contributed by atoms with Crippen LogP contribution < -0.4 is 5.32 Å². The van der Waals surface area contributed by atoms with Crippen molar-refractivity contribution in [1.29, 1.82) is 0 Å². The van der Waals surface area contributed by atoms with Gasteiger partial charge in [0.1, 0.15) is 0 Å². The molecular weight excluding hydrogens is 188 g/mol. The number of nitrogens with zero attached hydrogens (tertiary/aromatic N) is 1. The molecule has 0 radical (unpaired) electrons. The van der Waals surface area contributed by atoms with Gasteiger partial charge in [-0.15, -0.1) is 11.3 Å². The van der Waals surface area contributed by atoms with E-state index in [1.807, 2.05) is 5.38 Å². The number of unbranched alkanes of at least 4 members (excludes halogenated alkanes) is 1. The number of aliphatic hydroxyl groups is 1. The zero-order valence-corrected chi connectivity index (χ0v) is 8.01. The largest absolute Gasteiger partial charge is 0.396 e. The van der Waals surface area contributed by atoms with Gasteiger partial charge in [-0.05, 0) is 12.8 Å². The van der Waals surface area contributed by atoms with Crippen LogP contribution in [0.5, 0.6) is 0 Å². The van der Waals surface area contributed by atoms with Crippen LogP contribution in [-0.4, -0.2) is 22.6 Å². The van der Waals surface area contributed by atoms with Crippen LogP contribution in [0.2, 0.25) is 0 Å². The highest BCUT2D eigenvalue weighted by molar-refractivity contribution is 7.13. The van der Waals surface area contributed by atoms with E-state index in [4.69, 9.17) is 5.11 Å². The fourth-order valence-electron chi connectivity index (χ4n) is 0.864. The Kier molecular flexibility index (Phi) is 4.42. The number of hydrogen-bond donors (Lipinski definition) is 2. The number of amides is 1. The van der Waals surface area contributed by atoms with Gasteiger partial charge in [0.25, 0.3) is 0 Å². The van der Waals surface area contributed by atoms with E-state index in [1.165, 1.54) is 11.3 Å². The van der Waals surface area contributed by atoms with Crippen molar-refractivity contribution in [3.05, 3.63) is 11.6 Å². The number of aliphatic hydroxyl groups excluding tert-OH is 1. The van der Waals surface area contributed by atoms with Gasteiger partial charge in [-0.2, -0.15) is 0 Å². The minimum Gasteiger partial charge on any atom is -0.396 e. The summed E-state index contributed by atoms with van der Waals surface area (Å²) >= 11 is 1.40. The highest BCUT2D eigenvalue weighted by Crippen LogP contribution is 2.10. The van der Waals surface area contributed by atoms with Gasteiger partial charge in [-0.25, -0.2) is 4.98 Å². The van der Waals surface area contributed by atoms with E-state index in [-0.39, 0.29) is 12.5 Å². The molecule has 0 bridgehead atoms. The van der Waals surface area contributed by atoms with Crippen LogP contribution in [-0.2, 0) is 4.79 Å². The maximum Gasteiger partial charge on any atom is 0.226 e. The Bertz CT molecular complexity index is 249. The number of anilines is 1. The molecule has 1 aromatic rings. The summed E-state index contributed by atoms with van der Waals surface area (Å²) in [5.74, 6) is -0.0385. The normalized spacial score (nSPS) is 9.92. The summed E-state index contributed by atoms with van der Waals surface area (Å²) in [4.78, 5) is 15.1. The molecule has 5 heteroatoms. The third-order valence-electron chi connectivity index (χ3n) is 1.49. The van der Waals surface area contributed by atoms with Gasteiger partial charge in [0.15, 0.2) is 5.13 Å². The molecule has 0 saturated heterocycles. The average Bonchev–Trinajstić information content (AvgIpc) is 2.57. The molecule has 1 heterocycles. The smallest absolute Gasteiger partial charge is 0.226 e.